The third kappa shape index (κ3) is 5.86. The monoisotopic (exact) mass is 227 g/mol. The van der Waals surface area contributed by atoms with Crippen LogP contribution in [0.15, 0.2) is 0 Å². The summed E-state index contributed by atoms with van der Waals surface area (Å²) in [7, 11) is 1.80. The van der Waals surface area contributed by atoms with Crippen molar-refractivity contribution in [2.75, 3.05) is 20.3 Å². The highest BCUT2D eigenvalue weighted by atomic mass is 16.5. The molecule has 1 saturated carbocycles. The molecule has 0 aromatic rings. The number of methoxy groups -OCH3 is 1. The molecule has 0 aromatic heterocycles. The van der Waals surface area contributed by atoms with Crippen LogP contribution in [-0.4, -0.2) is 26.3 Å². The predicted octanol–water partition coefficient (Wildman–Crippen LogP) is 3.36. The Morgan fingerprint density at radius 2 is 2.12 bits per heavy atom. The quantitative estimate of drug-likeness (QED) is 0.642. The fourth-order valence-electron chi connectivity index (χ4n) is 2.77. The normalized spacial score (nSPS) is 25.9. The largest absolute Gasteiger partial charge is 0.385 e. The van der Waals surface area contributed by atoms with Crippen LogP contribution >= 0.6 is 0 Å². The molecular formula is C14H29NO. The van der Waals surface area contributed by atoms with E-state index in [4.69, 9.17) is 4.74 Å². The number of hydrogen-bond donors (Lipinski definition) is 1. The summed E-state index contributed by atoms with van der Waals surface area (Å²) in [5.41, 5.74) is 0. The number of rotatable bonds is 8. The summed E-state index contributed by atoms with van der Waals surface area (Å²) in [5.74, 6) is 0.972. The van der Waals surface area contributed by atoms with Crippen molar-refractivity contribution in [1.82, 2.24) is 5.32 Å². The van der Waals surface area contributed by atoms with Crippen molar-refractivity contribution in [3.8, 4) is 0 Å². The zero-order valence-corrected chi connectivity index (χ0v) is 11.1. The molecule has 1 aliphatic rings. The number of hydrogen-bond acceptors (Lipinski definition) is 2. The number of ether oxygens (including phenoxy) is 1. The summed E-state index contributed by atoms with van der Waals surface area (Å²) in [6.45, 7) is 4.38. The van der Waals surface area contributed by atoms with Gasteiger partial charge < -0.3 is 10.1 Å². The summed E-state index contributed by atoms with van der Waals surface area (Å²) in [6, 6.07) is 0.807. The van der Waals surface area contributed by atoms with Gasteiger partial charge in [-0.2, -0.15) is 0 Å². The Morgan fingerprint density at radius 3 is 2.88 bits per heavy atom. The van der Waals surface area contributed by atoms with E-state index in [1.165, 1.54) is 57.9 Å². The maximum Gasteiger partial charge on any atom is 0.0462 e. The lowest BCUT2D eigenvalue weighted by molar-refractivity contribution is 0.186. The van der Waals surface area contributed by atoms with Crippen LogP contribution < -0.4 is 5.32 Å². The van der Waals surface area contributed by atoms with E-state index in [1.807, 2.05) is 0 Å². The van der Waals surface area contributed by atoms with Crippen molar-refractivity contribution >= 4 is 0 Å². The van der Waals surface area contributed by atoms with Gasteiger partial charge in [-0.1, -0.05) is 32.6 Å². The van der Waals surface area contributed by atoms with Crippen LogP contribution in [0.3, 0.4) is 0 Å². The molecule has 16 heavy (non-hydrogen) atoms. The first kappa shape index (κ1) is 14.0. The molecule has 1 rings (SSSR count). The number of unbranched alkanes of at least 4 members (excludes halogenated alkanes) is 1. The lowest BCUT2D eigenvalue weighted by Gasteiger charge is -2.30. The van der Waals surface area contributed by atoms with E-state index in [0.29, 0.717) is 0 Å². The minimum atomic E-state index is 0.807. The maximum atomic E-state index is 5.09. The van der Waals surface area contributed by atoms with Crippen molar-refractivity contribution in [3.63, 3.8) is 0 Å². The Morgan fingerprint density at radius 1 is 1.25 bits per heavy atom. The second kappa shape index (κ2) is 9.00. The molecule has 1 fully saturated rings. The highest BCUT2D eigenvalue weighted by Gasteiger charge is 2.20. The molecule has 2 unspecified atom stereocenters. The van der Waals surface area contributed by atoms with E-state index in [-0.39, 0.29) is 0 Å². The van der Waals surface area contributed by atoms with Gasteiger partial charge in [-0.25, -0.2) is 0 Å². The zero-order valence-electron chi connectivity index (χ0n) is 11.1. The van der Waals surface area contributed by atoms with Crippen molar-refractivity contribution in [3.05, 3.63) is 0 Å². The van der Waals surface area contributed by atoms with Crippen LogP contribution in [0.2, 0.25) is 0 Å². The van der Waals surface area contributed by atoms with Crippen LogP contribution in [0.4, 0.5) is 0 Å². The molecule has 1 N–H and O–H groups in total. The smallest absolute Gasteiger partial charge is 0.0462 e. The third-order valence-corrected chi connectivity index (χ3v) is 3.68. The van der Waals surface area contributed by atoms with Crippen molar-refractivity contribution in [1.29, 1.82) is 0 Å². The Hall–Kier alpha value is -0.0800. The molecule has 0 saturated heterocycles. The topological polar surface area (TPSA) is 21.3 Å². The first-order valence-corrected chi connectivity index (χ1v) is 7.09. The highest BCUT2D eigenvalue weighted by Crippen LogP contribution is 2.28. The van der Waals surface area contributed by atoms with Gasteiger partial charge >= 0.3 is 0 Å². The average Bonchev–Trinajstić information content (AvgIpc) is 2.33. The summed E-state index contributed by atoms with van der Waals surface area (Å²) in [4.78, 5) is 0. The Labute approximate surface area is 101 Å². The summed E-state index contributed by atoms with van der Waals surface area (Å²) < 4.78 is 5.09. The Balaban J connectivity index is 2.07. The van der Waals surface area contributed by atoms with Crippen molar-refractivity contribution in [2.24, 2.45) is 5.92 Å². The van der Waals surface area contributed by atoms with Gasteiger partial charge in [0.05, 0.1) is 0 Å². The SMILES string of the molecule is CCCNC1CCCC(CCCCOC)C1. The average molecular weight is 227 g/mol. The van der Waals surface area contributed by atoms with E-state index in [9.17, 15) is 0 Å². The molecule has 0 spiro atoms. The van der Waals surface area contributed by atoms with Crippen LogP contribution in [0, 0.1) is 5.92 Å². The van der Waals surface area contributed by atoms with Gasteiger partial charge in [0.1, 0.15) is 0 Å². The fraction of sp³-hybridized carbons (Fsp3) is 1.00. The molecule has 0 heterocycles. The van der Waals surface area contributed by atoms with Gasteiger partial charge in [-0.15, -0.1) is 0 Å². The maximum absolute atomic E-state index is 5.09. The highest BCUT2D eigenvalue weighted by molar-refractivity contribution is 4.77. The van der Waals surface area contributed by atoms with Crippen molar-refractivity contribution in [2.45, 2.75) is 64.3 Å². The minimum Gasteiger partial charge on any atom is -0.385 e. The van der Waals surface area contributed by atoms with Gasteiger partial charge in [-0.3, -0.25) is 0 Å². The van der Waals surface area contributed by atoms with E-state index in [2.05, 4.69) is 12.2 Å². The van der Waals surface area contributed by atoms with Gasteiger partial charge in [-0.05, 0) is 38.1 Å². The molecule has 96 valence electrons. The third-order valence-electron chi connectivity index (χ3n) is 3.68. The molecule has 1 aliphatic carbocycles. The molecule has 0 aliphatic heterocycles. The summed E-state index contributed by atoms with van der Waals surface area (Å²) >= 11 is 0. The van der Waals surface area contributed by atoms with E-state index < -0.39 is 0 Å². The Kier molecular flexibility index (Phi) is 7.87. The molecule has 2 heteroatoms. The standard InChI is InChI=1S/C14H29NO/c1-3-10-15-14-9-6-8-13(12-14)7-4-5-11-16-2/h13-15H,3-12H2,1-2H3. The van der Waals surface area contributed by atoms with E-state index in [1.54, 1.807) is 7.11 Å². The van der Waals surface area contributed by atoms with Gasteiger partial charge in [0, 0.05) is 19.8 Å². The van der Waals surface area contributed by atoms with Crippen LogP contribution in [-0.2, 0) is 4.74 Å². The summed E-state index contributed by atoms with van der Waals surface area (Å²) in [5, 5.41) is 3.68. The first-order valence-electron chi connectivity index (χ1n) is 7.09. The van der Waals surface area contributed by atoms with Gasteiger partial charge in [0.2, 0.25) is 0 Å². The van der Waals surface area contributed by atoms with Crippen LogP contribution in [0.5, 0.6) is 0 Å². The first-order chi connectivity index (χ1) is 7.86. The van der Waals surface area contributed by atoms with E-state index >= 15 is 0 Å². The second-order valence-electron chi connectivity index (χ2n) is 5.17. The molecular weight excluding hydrogens is 198 g/mol. The van der Waals surface area contributed by atoms with Gasteiger partial charge in [0.25, 0.3) is 0 Å². The van der Waals surface area contributed by atoms with E-state index in [0.717, 1.165) is 18.6 Å². The molecule has 0 bridgehead atoms. The fourth-order valence-corrected chi connectivity index (χ4v) is 2.77. The number of nitrogens with one attached hydrogen (secondary N) is 1. The van der Waals surface area contributed by atoms with Crippen LogP contribution in [0.1, 0.15) is 58.3 Å². The predicted molar refractivity (Wildman–Crippen MR) is 69.8 cm³/mol. The zero-order chi connectivity index (χ0) is 11.6. The Bertz CT molecular complexity index is 161. The van der Waals surface area contributed by atoms with Crippen LogP contribution in [0.25, 0.3) is 0 Å². The molecule has 0 radical (unpaired) electrons. The minimum absolute atomic E-state index is 0.807. The molecule has 0 aromatic carbocycles. The van der Waals surface area contributed by atoms with Crippen molar-refractivity contribution < 1.29 is 4.74 Å². The molecule has 2 atom stereocenters. The van der Waals surface area contributed by atoms with Gasteiger partial charge in [0.15, 0.2) is 0 Å². The lowest BCUT2D eigenvalue weighted by Crippen LogP contribution is -2.34. The molecule has 2 nitrogen and oxygen atoms in total. The molecule has 0 amide bonds. The summed E-state index contributed by atoms with van der Waals surface area (Å²) in [6.07, 6.45) is 10.9. The lowest BCUT2D eigenvalue weighted by atomic mass is 9.83. The second-order valence-corrected chi connectivity index (χ2v) is 5.17.